The van der Waals surface area contributed by atoms with Gasteiger partial charge in [-0.05, 0) is 5.56 Å². The summed E-state index contributed by atoms with van der Waals surface area (Å²) in [5.41, 5.74) is 1.12. The minimum Gasteiger partial charge on any atom is -0.391 e. The second kappa shape index (κ2) is 2.88. The maximum Gasteiger partial charge on any atom is 0.0746 e. The van der Waals surface area contributed by atoms with Gasteiger partial charge in [0.2, 0.25) is 0 Å². The van der Waals surface area contributed by atoms with Gasteiger partial charge in [-0.15, -0.1) is 0 Å². The Bertz CT molecular complexity index is 271. The van der Waals surface area contributed by atoms with E-state index in [2.05, 4.69) is 10.4 Å². The van der Waals surface area contributed by atoms with E-state index in [1.54, 1.807) is 4.68 Å². The fourth-order valence-electron chi connectivity index (χ4n) is 1.64. The van der Waals surface area contributed by atoms with Gasteiger partial charge in [0.05, 0.1) is 12.3 Å². The van der Waals surface area contributed by atoms with Crippen LogP contribution in [0.3, 0.4) is 0 Å². The number of aliphatic hydroxyl groups is 1. The van der Waals surface area contributed by atoms with Gasteiger partial charge in [-0.25, -0.2) is 0 Å². The van der Waals surface area contributed by atoms with Gasteiger partial charge in [0.25, 0.3) is 0 Å². The normalized spacial score (nSPS) is 29.5. The molecular formula is C8H13N3O. The van der Waals surface area contributed by atoms with Crippen LogP contribution in [0.25, 0.3) is 0 Å². The first-order valence-electron chi connectivity index (χ1n) is 4.14. The Kier molecular flexibility index (Phi) is 1.86. The van der Waals surface area contributed by atoms with Gasteiger partial charge in [0, 0.05) is 32.3 Å². The van der Waals surface area contributed by atoms with Crippen LogP contribution >= 0.6 is 0 Å². The molecule has 0 bridgehead atoms. The number of aryl methyl sites for hydroxylation is 1. The number of aliphatic hydroxyl groups excluding tert-OH is 1. The largest absolute Gasteiger partial charge is 0.391 e. The van der Waals surface area contributed by atoms with E-state index in [0.717, 1.165) is 12.1 Å². The summed E-state index contributed by atoms with van der Waals surface area (Å²) in [5, 5.41) is 16.8. The predicted octanol–water partition coefficient (Wildman–Crippen LogP) is -0.532. The molecule has 0 amide bonds. The second-order valence-corrected chi connectivity index (χ2v) is 3.28. The molecule has 0 saturated carbocycles. The Morgan fingerprint density at radius 2 is 2.50 bits per heavy atom. The van der Waals surface area contributed by atoms with E-state index in [1.165, 1.54) is 0 Å². The molecule has 12 heavy (non-hydrogen) atoms. The Morgan fingerprint density at radius 3 is 3.00 bits per heavy atom. The van der Waals surface area contributed by atoms with Gasteiger partial charge in [0.1, 0.15) is 0 Å². The highest BCUT2D eigenvalue weighted by atomic mass is 16.3. The first-order chi connectivity index (χ1) is 5.77. The Balaban J connectivity index is 2.19. The second-order valence-electron chi connectivity index (χ2n) is 3.28. The summed E-state index contributed by atoms with van der Waals surface area (Å²) in [6.07, 6.45) is 3.52. The molecule has 2 rings (SSSR count). The molecule has 4 nitrogen and oxygen atoms in total. The molecule has 1 fully saturated rings. The number of hydrogen-bond donors (Lipinski definition) is 2. The summed E-state index contributed by atoms with van der Waals surface area (Å²) < 4.78 is 1.76. The van der Waals surface area contributed by atoms with Crippen LogP contribution in [0.15, 0.2) is 12.4 Å². The molecule has 1 aromatic heterocycles. The number of β-amino-alcohol motifs (C(OH)–C–C–N with tert-alkyl or cyclic N) is 1. The molecule has 1 saturated heterocycles. The molecule has 2 heterocycles. The first-order valence-corrected chi connectivity index (χ1v) is 4.14. The topological polar surface area (TPSA) is 50.1 Å². The minimum absolute atomic E-state index is 0.221. The monoisotopic (exact) mass is 167 g/mol. The lowest BCUT2D eigenvalue weighted by atomic mass is 10.00. The van der Waals surface area contributed by atoms with E-state index >= 15 is 0 Å². The highest BCUT2D eigenvalue weighted by molar-refractivity contribution is 5.16. The van der Waals surface area contributed by atoms with Crippen molar-refractivity contribution in [3.05, 3.63) is 18.0 Å². The Hall–Kier alpha value is -0.870. The highest BCUT2D eigenvalue weighted by Crippen LogP contribution is 2.21. The molecule has 0 spiro atoms. The highest BCUT2D eigenvalue weighted by Gasteiger charge is 2.26. The zero-order valence-corrected chi connectivity index (χ0v) is 7.07. The van der Waals surface area contributed by atoms with Gasteiger partial charge in [-0.3, -0.25) is 4.68 Å². The van der Waals surface area contributed by atoms with Crippen molar-refractivity contribution in [2.24, 2.45) is 7.05 Å². The smallest absolute Gasteiger partial charge is 0.0746 e. The fourth-order valence-corrected chi connectivity index (χ4v) is 1.64. The van der Waals surface area contributed by atoms with Crippen molar-refractivity contribution in [1.29, 1.82) is 0 Å². The molecule has 66 valence electrons. The molecule has 2 atom stereocenters. The third-order valence-corrected chi connectivity index (χ3v) is 2.34. The van der Waals surface area contributed by atoms with Crippen molar-refractivity contribution in [2.75, 3.05) is 13.1 Å². The summed E-state index contributed by atoms with van der Waals surface area (Å²) in [4.78, 5) is 0. The summed E-state index contributed by atoms with van der Waals surface area (Å²) in [6, 6.07) is 0. The number of rotatable bonds is 1. The lowest BCUT2D eigenvalue weighted by Gasteiger charge is -2.09. The Morgan fingerprint density at radius 1 is 1.67 bits per heavy atom. The minimum atomic E-state index is -0.255. The summed E-state index contributed by atoms with van der Waals surface area (Å²) >= 11 is 0. The standard InChI is InChI=1S/C8H13N3O/c1-11-5-6(2-10-11)7-3-9-4-8(7)12/h2,5,7-9,12H,3-4H2,1H3/t7-,8+/m0/s1. The van der Waals surface area contributed by atoms with Gasteiger partial charge in [-0.2, -0.15) is 5.10 Å². The van der Waals surface area contributed by atoms with Crippen LogP contribution in [0, 0.1) is 0 Å². The molecule has 1 aromatic rings. The maximum absolute atomic E-state index is 9.55. The molecule has 0 radical (unpaired) electrons. The van der Waals surface area contributed by atoms with Crippen LogP contribution in [0.2, 0.25) is 0 Å². The van der Waals surface area contributed by atoms with Crippen molar-refractivity contribution in [3.63, 3.8) is 0 Å². The summed E-state index contributed by atoms with van der Waals surface area (Å²) in [6.45, 7) is 1.55. The van der Waals surface area contributed by atoms with Crippen molar-refractivity contribution < 1.29 is 5.11 Å². The van der Waals surface area contributed by atoms with Crippen molar-refractivity contribution in [2.45, 2.75) is 12.0 Å². The maximum atomic E-state index is 9.55. The summed E-state index contributed by atoms with van der Waals surface area (Å²) in [7, 11) is 1.89. The Labute approximate surface area is 71.2 Å². The van der Waals surface area contributed by atoms with E-state index in [0.29, 0.717) is 6.54 Å². The van der Waals surface area contributed by atoms with Crippen molar-refractivity contribution >= 4 is 0 Å². The molecule has 4 heteroatoms. The van der Waals surface area contributed by atoms with Gasteiger partial charge >= 0.3 is 0 Å². The van der Waals surface area contributed by atoms with Crippen molar-refractivity contribution in [3.8, 4) is 0 Å². The van der Waals surface area contributed by atoms with E-state index in [-0.39, 0.29) is 12.0 Å². The van der Waals surface area contributed by atoms with Crippen LogP contribution in [0.1, 0.15) is 11.5 Å². The molecule has 1 aliphatic rings. The average molecular weight is 167 g/mol. The van der Waals surface area contributed by atoms with Crippen LogP contribution in [0.5, 0.6) is 0 Å². The van der Waals surface area contributed by atoms with Gasteiger partial charge < -0.3 is 10.4 Å². The average Bonchev–Trinajstić information content (AvgIpc) is 2.58. The third-order valence-electron chi connectivity index (χ3n) is 2.34. The van der Waals surface area contributed by atoms with Crippen LogP contribution in [-0.4, -0.2) is 34.1 Å². The molecule has 2 N–H and O–H groups in total. The van der Waals surface area contributed by atoms with Gasteiger partial charge in [-0.1, -0.05) is 0 Å². The molecule has 0 aliphatic carbocycles. The molecule has 0 unspecified atom stereocenters. The molecule has 0 aromatic carbocycles. The summed E-state index contributed by atoms with van der Waals surface area (Å²) in [5.74, 6) is 0.221. The molecular weight excluding hydrogens is 154 g/mol. The lowest BCUT2D eigenvalue weighted by Crippen LogP contribution is -2.15. The zero-order chi connectivity index (χ0) is 8.55. The number of nitrogens with one attached hydrogen (secondary N) is 1. The van der Waals surface area contributed by atoms with E-state index in [4.69, 9.17) is 0 Å². The first kappa shape index (κ1) is 7.76. The van der Waals surface area contributed by atoms with Crippen LogP contribution in [-0.2, 0) is 7.05 Å². The van der Waals surface area contributed by atoms with Crippen LogP contribution < -0.4 is 5.32 Å². The number of aromatic nitrogens is 2. The third kappa shape index (κ3) is 1.23. The SMILES string of the molecule is Cn1cc([C@@H]2CNC[C@H]2O)cn1. The van der Waals surface area contributed by atoms with E-state index in [9.17, 15) is 5.11 Å². The number of nitrogens with zero attached hydrogens (tertiary/aromatic N) is 2. The fraction of sp³-hybridized carbons (Fsp3) is 0.625. The van der Waals surface area contributed by atoms with E-state index in [1.807, 2.05) is 19.4 Å². The van der Waals surface area contributed by atoms with Crippen LogP contribution in [0.4, 0.5) is 0 Å². The molecule has 1 aliphatic heterocycles. The lowest BCUT2D eigenvalue weighted by molar-refractivity contribution is 0.178. The van der Waals surface area contributed by atoms with E-state index < -0.39 is 0 Å². The van der Waals surface area contributed by atoms with Crippen molar-refractivity contribution in [1.82, 2.24) is 15.1 Å². The van der Waals surface area contributed by atoms with Gasteiger partial charge in [0.15, 0.2) is 0 Å². The zero-order valence-electron chi connectivity index (χ0n) is 7.07. The number of hydrogen-bond acceptors (Lipinski definition) is 3. The quantitative estimate of drug-likeness (QED) is 0.591. The predicted molar refractivity (Wildman–Crippen MR) is 44.8 cm³/mol.